The van der Waals surface area contributed by atoms with Gasteiger partial charge in [0.05, 0.1) is 5.69 Å². The highest BCUT2D eigenvalue weighted by Crippen LogP contribution is 2.29. The first-order valence-corrected chi connectivity index (χ1v) is 9.63. The minimum Gasteiger partial charge on any atom is -0.423 e. The SMILES string of the molecule is O=c1cc(N(CC=Cc2cccc(F)c2)C2CCNCC2)c2ccccc2o1. The van der Waals surface area contributed by atoms with Crippen LogP contribution in [0.5, 0.6) is 0 Å². The summed E-state index contributed by atoms with van der Waals surface area (Å²) in [5, 5.41) is 4.32. The summed E-state index contributed by atoms with van der Waals surface area (Å²) in [7, 11) is 0. The van der Waals surface area contributed by atoms with E-state index < -0.39 is 0 Å². The van der Waals surface area contributed by atoms with Crippen LogP contribution in [0.15, 0.2) is 69.9 Å². The summed E-state index contributed by atoms with van der Waals surface area (Å²) in [6.45, 7) is 2.54. The third-order valence-electron chi connectivity index (χ3n) is 5.15. The number of rotatable bonds is 5. The van der Waals surface area contributed by atoms with E-state index in [0.29, 0.717) is 18.2 Å². The van der Waals surface area contributed by atoms with Gasteiger partial charge in [-0.15, -0.1) is 0 Å². The molecule has 0 bridgehead atoms. The van der Waals surface area contributed by atoms with Gasteiger partial charge in [-0.25, -0.2) is 9.18 Å². The van der Waals surface area contributed by atoms with Gasteiger partial charge in [0, 0.05) is 24.0 Å². The molecule has 1 fully saturated rings. The molecule has 0 amide bonds. The minimum atomic E-state index is -0.346. The van der Waals surface area contributed by atoms with Gasteiger partial charge in [-0.2, -0.15) is 0 Å². The summed E-state index contributed by atoms with van der Waals surface area (Å²) >= 11 is 0. The number of nitrogens with one attached hydrogen (secondary N) is 1. The summed E-state index contributed by atoms with van der Waals surface area (Å²) in [5.74, 6) is -0.246. The van der Waals surface area contributed by atoms with Crippen LogP contribution >= 0.6 is 0 Å². The Morgan fingerprint density at radius 2 is 1.93 bits per heavy atom. The van der Waals surface area contributed by atoms with Crippen LogP contribution in [0.3, 0.4) is 0 Å². The number of benzene rings is 2. The lowest BCUT2D eigenvalue weighted by atomic mass is 10.0. The number of anilines is 1. The molecule has 0 radical (unpaired) electrons. The van der Waals surface area contributed by atoms with E-state index in [9.17, 15) is 9.18 Å². The quantitative estimate of drug-likeness (QED) is 0.676. The van der Waals surface area contributed by atoms with Crippen LogP contribution in [-0.2, 0) is 0 Å². The maximum Gasteiger partial charge on any atom is 0.338 e. The predicted octanol–water partition coefficient (Wildman–Crippen LogP) is 4.20. The van der Waals surface area contributed by atoms with E-state index in [2.05, 4.69) is 10.2 Å². The Kier molecular flexibility index (Phi) is 5.53. The molecule has 2 heterocycles. The van der Waals surface area contributed by atoms with E-state index in [1.54, 1.807) is 12.1 Å². The lowest BCUT2D eigenvalue weighted by molar-refractivity contribution is 0.437. The highest BCUT2D eigenvalue weighted by molar-refractivity contribution is 5.90. The molecule has 4 nitrogen and oxygen atoms in total. The molecule has 1 aliphatic heterocycles. The van der Waals surface area contributed by atoms with Crippen molar-refractivity contribution >= 4 is 22.7 Å². The topological polar surface area (TPSA) is 45.5 Å². The number of para-hydroxylation sites is 1. The van der Waals surface area contributed by atoms with Gasteiger partial charge in [0.2, 0.25) is 0 Å². The Balaban J connectivity index is 1.69. The van der Waals surface area contributed by atoms with Crippen LogP contribution in [0.4, 0.5) is 10.1 Å². The van der Waals surface area contributed by atoms with Crippen molar-refractivity contribution in [2.45, 2.75) is 18.9 Å². The molecular weight excluding hydrogens is 355 g/mol. The second-order valence-corrected chi connectivity index (χ2v) is 7.04. The second kappa shape index (κ2) is 8.40. The van der Waals surface area contributed by atoms with E-state index in [1.807, 2.05) is 42.5 Å². The smallest absolute Gasteiger partial charge is 0.338 e. The van der Waals surface area contributed by atoms with Crippen LogP contribution in [0.25, 0.3) is 17.0 Å². The summed E-state index contributed by atoms with van der Waals surface area (Å²) in [6.07, 6.45) is 5.95. The number of nitrogens with zero attached hydrogens (tertiary/aromatic N) is 1. The Morgan fingerprint density at radius 1 is 1.11 bits per heavy atom. The van der Waals surface area contributed by atoms with Gasteiger partial charge in [0.25, 0.3) is 0 Å². The third kappa shape index (κ3) is 4.15. The molecule has 0 aliphatic carbocycles. The normalized spacial score (nSPS) is 15.3. The van der Waals surface area contributed by atoms with Crippen molar-refractivity contribution in [1.82, 2.24) is 5.32 Å². The maximum absolute atomic E-state index is 13.4. The van der Waals surface area contributed by atoms with Crippen molar-refractivity contribution in [3.05, 3.63) is 82.5 Å². The van der Waals surface area contributed by atoms with Crippen LogP contribution in [0.2, 0.25) is 0 Å². The molecule has 28 heavy (non-hydrogen) atoms. The first kappa shape index (κ1) is 18.4. The Morgan fingerprint density at radius 3 is 2.75 bits per heavy atom. The Hall–Kier alpha value is -2.92. The molecule has 0 spiro atoms. The fraction of sp³-hybridized carbons (Fsp3) is 0.261. The van der Waals surface area contributed by atoms with Crippen molar-refractivity contribution in [1.29, 1.82) is 0 Å². The van der Waals surface area contributed by atoms with Gasteiger partial charge < -0.3 is 14.6 Å². The van der Waals surface area contributed by atoms with E-state index >= 15 is 0 Å². The van der Waals surface area contributed by atoms with Crippen molar-refractivity contribution < 1.29 is 8.81 Å². The molecule has 1 N–H and O–H groups in total. The zero-order valence-corrected chi connectivity index (χ0v) is 15.6. The fourth-order valence-corrected chi connectivity index (χ4v) is 3.81. The number of hydrogen-bond donors (Lipinski definition) is 1. The lowest BCUT2D eigenvalue weighted by Gasteiger charge is -2.36. The highest BCUT2D eigenvalue weighted by atomic mass is 19.1. The maximum atomic E-state index is 13.4. The second-order valence-electron chi connectivity index (χ2n) is 7.04. The fourth-order valence-electron chi connectivity index (χ4n) is 3.81. The molecule has 3 aromatic rings. The summed E-state index contributed by atoms with van der Waals surface area (Å²) in [5.41, 5.74) is 1.96. The molecule has 0 atom stereocenters. The number of fused-ring (bicyclic) bond motifs is 1. The third-order valence-corrected chi connectivity index (χ3v) is 5.15. The van der Waals surface area contributed by atoms with E-state index in [-0.39, 0.29) is 11.4 Å². The van der Waals surface area contributed by atoms with Gasteiger partial charge in [0.15, 0.2) is 0 Å². The van der Waals surface area contributed by atoms with E-state index in [1.165, 1.54) is 12.1 Å². The van der Waals surface area contributed by atoms with Crippen LogP contribution in [0, 0.1) is 5.82 Å². The first-order chi connectivity index (χ1) is 13.7. The van der Waals surface area contributed by atoms with Gasteiger partial charge in [-0.1, -0.05) is 36.4 Å². The van der Waals surface area contributed by atoms with Crippen LogP contribution in [-0.4, -0.2) is 25.7 Å². The summed E-state index contributed by atoms with van der Waals surface area (Å²) < 4.78 is 18.8. The van der Waals surface area contributed by atoms with Crippen LogP contribution < -0.4 is 15.8 Å². The Bertz CT molecular complexity index is 1040. The largest absolute Gasteiger partial charge is 0.423 e. The molecule has 1 aromatic heterocycles. The van der Waals surface area contributed by atoms with E-state index in [0.717, 1.165) is 42.6 Å². The minimum absolute atomic E-state index is 0.246. The van der Waals surface area contributed by atoms with Crippen molar-refractivity contribution in [3.8, 4) is 0 Å². The number of piperidine rings is 1. The lowest BCUT2D eigenvalue weighted by Crippen LogP contribution is -2.43. The number of halogens is 1. The molecule has 0 saturated carbocycles. The standard InChI is InChI=1S/C23H23FN2O2/c24-18-7-3-5-17(15-18)6-4-14-26(19-10-12-25-13-11-19)21-16-23(27)28-22-9-2-1-8-20(21)22/h1-9,15-16,19,25H,10-14H2. The van der Waals surface area contributed by atoms with Crippen molar-refractivity contribution in [2.75, 3.05) is 24.5 Å². The average molecular weight is 378 g/mol. The molecule has 0 unspecified atom stereocenters. The number of hydrogen-bond acceptors (Lipinski definition) is 4. The molecule has 4 rings (SSSR count). The molecule has 1 aliphatic rings. The summed E-state index contributed by atoms with van der Waals surface area (Å²) in [4.78, 5) is 14.4. The predicted molar refractivity (Wildman–Crippen MR) is 111 cm³/mol. The zero-order chi connectivity index (χ0) is 19.3. The molecule has 2 aromatic carbocycles. The van der Waals surface area contributed by atoms with Crippen molar-refractivity contribution in [2.24, 2.45) is 0 Å². The highest BCUT2D eigenvalue weighted by Gasteiger charge is 2.22. The summed E-state index contributed by atoms with van der Waals surface area (Å²) in [6, 6.07) is 16.1. The molecular formula is C23H23FN2O2. The Labute approximate surface area is 163 Å². The van der Waals surface area contributed by atoms with Gasteiger partial charge >= 0.3 is 5.63 Å². The monoisotopic (exact) mass is 378 g/mol. The zero-order valence-electron chi connectivity index (χ0n) is 15.6. The van der Waals surface area contributed by atoms with Gasteiger partial charge in [-0.05, 0) is 55.8 Å². The molecule has 144 valence electrons. The molecule has 1 saturated heterocycles. The van der Waals surface area contributed by atoms with E-state index in [4.69, 9.17) is 4.42 Å². The van der Waals surface area contributed by atoms with Gasteiger partial charge in [0.1, 0.15) is 11.4 Å². The molecule has 5 heteroatoms. The van der Waals surface area contributed by atoms with Gasteiger partial charge in [-0.3, -0.25) is 0 Å². The van der Waals surface area contributed by atoms with Crippen molar-refractivity contribution in [3.63, 3.8) is 0 Å². The van der Waals surface area contributed by atoms with Crippen LogP contribution in [0.1, 0.15) is 18.4 Å². The average Bonchev–Trinajstić information content (AvgIpc) is 2.71. The first-order valence-electron chi connectivity index (χ1n) is 9.63.